The standard InChI is InChI=1S/C14H20N2O4/c1-10(20-2)9-15-14(19)16-12-6-4-3-5-11(12)7-8-13(17)18/h3-6,10H,7-9H2,1-2H3,(H,17,18)(H2,15,16,19). The van der Waals surface area contributed by atoms with E-state index in [2.05, 4.69) is 10.6 Å². The highest BCUT2D eigenvalue weighted by Crippen LogP contribution is 2.16. The van der Waals surface area contributed by atoms with Gasteiger partial charge in [0.1, 0.15) is 0 Å². The van der Waals surface area contributed by atoms with E-state index in [4.69, 9.17) is 9.84 Å². The molecule has 1 atom stereocenters. The van der Waals surface area contributed by atoms with Crippen LogP contribution in [0.4, 0.5) is 10.5 Å². The maximum Gasteiger partial charge on any atom is 0.319 e. The molecule has 6 heteroatoms. The second-order valence-electron chi connectivity index (χ2n) is 4.43. The number of carboxylic acids is 1. The van der Waals surface area contributed by atoms with Gasteiger partial charge in [-0.2, -0.15) is 0 Å². The highest BCUT2D eigenvalue weighted by Gasteiger charge is 2.08. The molecule has 0 aliphatic rings. The van der Waals surface area contributed by atoms with Crippen LogP contribution in [0.3, 0.4) is 0 Å². The van der Waals surface area contributed by atoms with E-state index in [-0.39, 0.29) is 18.6 Å². The van der Waals surface area contributed by atoms with Crippen molar-refractivity contribution in [3.05, 3.63) is 29.8 Å². The van der Waals surface area contributed by atoms with Crippen LogP contribution in [0.25, 0.3) is 0 Å². The summed E-state index contributed by atoms with van der Waals surface area (Å²) in [5.41, 5.74) is 1.42. The summed E-state index contributed by atoms with van der Waals surface area (Å²) in [4.78, 5) is 22.3. The van der Waals surface area contributed by atoms with Crippen LogP contribution < -0.4 is 10.6 Å². The third kappa shape index (κ3) is 5.71. The van der Waals surface area contributed by atoms with E-state index in [1.54, 1.807) is 25.3 Å². The fourth-order valence-electron chi connectivity index (χ4n) is 1.59. The summed E-state index contributed by atoms with van der Waals surface area (Å²) in [7, 11) is 1.57. The Hall–Kier alpha value is -2.08. The Morgan fingerprint density at radius 2 is 2.05 bits per heavy atom. The lowest BCUT2D eigenvalue weighted by molar-refractivity contribution is -0.136. The Kier molecular flexibility index (Phi) is 6.52. The minimum Gasteiger partial charge on any atom is -0.481 e. The molecule has 1 aromatic rings. The van der Waals surface area contributed by atoms with Crippen LogP contribution in [0, 0.1) is 0 Å². The molecule has 0 aliphatic heterocycles. The Balaban J connectivity index is 2.57. The van der Waals surface area contributed by atoms with E-state index in [9.17, 15) is 9.59 Å². The van der Waals surface area contributed by atoms with Gasteiger partial charge in [-0.3, -0.25) is 4.79 Å². The number of hydrogen-bond acceptors (Lipinski definition) is 3. The average molecular weight is 280 g/mol. The summed E-state index contributed by atoms with van der Waals surface area (Å²) >= 11 is 0. The van der Waals surface area contributed by atoms with Crippen molar-refractivity contribution in [2.24, 2.45) is 0 Å². The number of rotatable bonds is 7. The van der Waals surface area contributed by atoms with Gasteiger partial charge in [-0.15, -0.1) is 0 Å². The van der Waals surface area contributed by atoms with Crippen LogP contribution in [0.2, 0.25) is 0 Å². The molecule has 6 nitrogen and oxygen atoms in total. The molecule has 0 fully saturated rings. The second-order valence-corrected chi connectivity index (χ2v) is 4.43. The van der Waals surface area contributed by atoms with Crippen molar-refractivity contribution >= 4 is 17.7 Å². The smallest absolute Gasteiger partial charge is 0.319 e. The monoisotopic (exact) mass is 280 g/mol. The van der Waals surface area contributed by atoms with E-state index in [1.165, 1.54) is 0 Å². The van der Waals surface area contributed by atoms with Gasteiger partial charge in [0.25, 0.3) is 0 Å². The topological polar surface area (TPSA) is 87.7 Å². The molecule has 110 valence electrons. The summed E-state index contributed by atoms with van der Waals surface area (Å²) in [5, 5.41) is 14.1. The van der Waals surface area contributed by atoms with Gasteiger partial charge >= 0.3 is 12.0 Å². The summed E-state index contributed by atoms with van der Waals surface area (Å²) in [6.45, 7) is 2.25. The third-order valence-corrected chi connectivity index (χ3v) is 2.83. The quantitative estimate of drug-likeness (QED) is 0.711. The Morgan fingerprint density at radius 3 is 2.70 bits per heavy atom. The van der Waals surface area contributed by atoms with E-state index < -0.39 is 5.97 Å². The SMILES string of the molecule is COC(C)CNC(=O)Nc1ccccc1CCC(=O)O. The molecular formula is C14H20N2O4. The number of aliphatic carboxylic acids is 1. The van der Waals surface area contributed by atoms with E-state index in [1.807, 2.05) is 13.0 Å². The van der Waals surface area contributed by atoms with Gasteiger partial charge in [-0.1, -0.05) is 18.2 Å². The number of para-hydroxylation sites is 1. The molecule has 20 heavy (non-hydrogen) atoms. The Morgan fingerprint density at radius 1 is 1.35 bits per heavy atom. The van der Waals surface area contributed by atoms with Crippen LogP contribution in [0.15, 0.2) is 24.3 Å². The number of ether oxygens (including phenoxy) is 1. The van der Waals surface area contributed by atoms with Crippen molar-refractivity contribution < 1.29 is 19.4 Å². The number of nitrogens with one attached hydrogen (secondary N) is 2. The molecule has 0 spiro atoms. The highest BCUT2D eigenvalue weighted by molar-refractivity contribution is 5.90. The van der Waals surface area contributed by atoms with E-state index in [0.717, 1.165) is 5.56 Å². The number of benzene rings is 1. The number of anilines is 1. The predicted molar refractivity (Wildman–Crippen MR) is 75.9 cm³/mol. The van der Waals surface area contributed by atoms with Crippen LogP contribution in [-0.4, -0.2) is 36.9 Å². The highest BCUT2D eigenvalue weighted by atomic mass is 16.5. The number of amides is 2. The lowest BCUT2D eigenvalue weighted by Gasteiger charge is -2.13. The molecule has 0 saturated heterocycles. The van der Waals surface area contributed by atoms with E-state index >= 15 is 0 Å². The minimum atomic E-state index is -0.863. The van der Waals surface area contributed by atoms with Crippen molar-refractivity contribution in [3.8, 4) is 0 Å². The van der Waals surface area contributed by atoms with Gasteiger partial charge in [-0.25, -0.2) is 4.79 Å². The third-order valence-electron chi connectivity index (χ3n) is 2.83. The first-order chi connectivity index (χ1) is 9.52. The fourth-order valence-corrected chi connectivity index (χ4v) is 1.59. The Labute approximate surface area is 118 Å². The number of carboxylic acid groups (broad SMARTS) is 1. The molecule has 0 bridgehead atoms. The van der Waals surface area contributed by atoms with Gasteiger partial charge in [0.2, 0.25) is 0 Å². The van der Waals surface area contributed by atoms with Gasteiger partial charge in [0.15, 0.2) is 0 Å². The number of carbonyl (C=O) groups is 2. The van der Waals surface area contributed by atoms with Crippen LogP contribution in [-0.2, 0) is 16.0 Å². The zero-order chi connectivity index (χ0) is 15.0. The van der Waals surface area contributed by atoms with Crippen LogP contribution in [0.5, 0.6) is 0 Å². The molecule has 0 saturated carbocycles. The second kappa shape index (κ2) is 8.16. The number of urea groups is 1. The molecule has 1 unspecified atom stereocenters. The summed E-state index contributed by atoms with van der Waals surface area (Å²) in [5.74, 6) is -0.863. The zero-order valence-corrected chi connectivity index (χ0v) is 11.7. The van der Waals surface area contributed by atoms with Crippen molar-refractivity contribution in [1.29, 1.82) is 0 Å². The van der Waals surface area contributed by atoms with Crippen molar-refractivity contribution in [2.75, 3.05) is 19.0 Å². The summed E-state index contributed by atoms with van der Waals surface area (Å²) in [6, 6.07) is 6.81. The van der Waals surface area contributed by atoms with Crippen molar-refractivity contribution in [3.63, 3.8) is 0 Å². The normalized spacial score (nSPS) is 11.7. The molecule has 2 amide bonds. The first-order valence-electron chi connectivity index (χ1n) is 6.40. The number of carbonyl (C=O) groups excluding carboxylic acids is 1. The summed E-state index contributed by atoms with van der Waals surface area (Å²) in [6.07, 6.45) is 0.337. The molecule has 3 N–H and O–H groups in total. The molecule has 0 heterocycles. The molecule has 0 aromatic heterocycles. The van der Waals surface area contributed by atoms with Crippen LogP contribution >= 0.6 is 0 Å². The Bertz CT molecular complexity index is 462. The molecule has 0 aliphatic carbocycles. The molecule has 1 aromatic carbocycles. The van der Waals surface area contributed by atoms with Gasteiger partial charge in [0, 0.05) is 25.8 Å². The minimum absolute atomic E-state index is 0.0288. The van der Waals surface area contributed by atoms with Gasteiger partial charge in [0.05, 0.1) is 6.10 Å². The molecule has 0 radical (unpaired) electrons. The van der Waals surface area contributed by atoms with Crippen molar-refractivity contribution in [2.45, 2.75) is 25.9 Å². The number of methoxy groups -OCH3 is 1. The van der Waals surface area contributed by atoms with Gasteiger partial charge < -0.3 is 20.5 Å². The number of hydrogen-bond donors (Lipinski definition) is 3. The summed E-state index contributed by atoms with van der Waals surface area (Å²) < 4.78 is 5.03. The maximum absolute atomic E-state index is 11.7. The molecule has 1 rings (SSSR count). The maximum atomic E-state index is 11.7. The van der Waals surface area contributed by atoms with Gasteiger partial charge in [-0.05, 0) is 25.0 Å². The zero-order valence-electron chi connectivity index (χ0n) is 11.7. The number of aryl methyl sites for hydroxylation is 1. The first-order valence-corrected chi connectivity index (χ1v) is 6.40. The fraction of sp³-hybridized carbons (Fsp3) is 0.429. The van der Waals surface area contributed by atoms with E-state index in [0.29, 0.717) is 18.7 Å². The largest absolute Gasteiger partial charge is 0.481 e. The first kappa shape index (κ1) is 16.0. The van der Waals surface area contributed by atoms with Crippen LogP contribution in [0.1, 0.15) is 18.9 Å². The lowest BCUT2D eigenvalue weighted by atomic mass is 10.1. The predicted octanol–water partition coefficient (Wildman–Crippen LogP) is 1.86. The van der Waals surface area contributed by atoms with Crippen molar-refractivity contribution in [1.82, 2.24) is 5.32 Å². The average Bonchev–Trinajstić information content (AvgIpc) is 2.43. The molecular weight excluding hydrogens is 260 g/mol. The lowest BCUT2D eigenvalue weighted by Crippen LogP contribution is -2.35.